The summed E-state index contributed by atoms with van der Waals surface area (Å²) < 4.78 is 40.5. The van der Waals surface area contributed by atoms with Gasteiger partial charge in [-0.25, -0.2) is 9.78 Å². The van der Waals surface area contributed by atoms with Gasteiger partial charge in [0.1, 0.15) is 5.82 Å². The maximum atomic E-state index is 12.7. The quantitative estimate of drug-likeness (QED) is 0.172. The molecule has 0 saturated carbocycles. The normalized spacial score (nSPS) is 11.4. The fourth-order valence-electron chi connectivity index (χ4n) is 3.94. The van der Waals surface area contributed by atoms with E-state index in [0.717, 1.165) is 39.1 Å². The molecule has 0 bridgehead atoms. The third-order valence-electron chi connectivity index (χ3n) is 6.00. The second-order valence-electron chi connectivity index (χ2n) is 8.79. The minimum atomic E-state index is -4.43. The van der Waals surface area contributed by atoms with E-state index < -0.39 is 17.8 Å². The first-order chi connectivity index (χ1) is 19.2. The molecule has 2 amide bonds. The predicted molar refractivity (Wildman–Crippen MR) is 152 cm³/mol. The highest BCUT2D eigenvalue weighted by atomic mass is 79.9. The molecule has 3 N–H and O–H groups in total. The lowest BCUT2D eigenvalue weighted by molar-refractivity contribution is -0.137. The van der Waals surface area contributed by atoms with Gasteiger partial charge >= 0.3 is 12.2 Å². The van der Waals surface area contributed by atoms with Gasteiger partial charge in [0.05, 0.1) is 21.9 Å². The highest BCUT2D eigenvalue weighted by Crippen LogP contribution is 2.31. The number of nitrogens with one attached hydrogen (secondary N) is 3. The third kappa shape index (κ3) is 6.37. The topological polar surface area (TPSA) is 83.3 Å². The number of carbonyl (C=O) groups is 1. The molecule has 0 aliphatic heterocycles. The van der Waals surface area contributed by atoms with Crippen molar-refractivity contribution in [2.45, 2.75) is 19.3 Å². The third-order valence-corrected chi connectivity index (χ3v) is 6.89. The van der Waals surface area contributed by atoms with Gasteiger partial charge < -0.3 is 16.0 Å². The molecule has 0 atom stereocenters. The number of rotatable bonds is 7. The summed E-state index contributed by atoms with van der Waals surface area (Å²) in [4.78, 5) is 16.9. The van der Waals surface area contributed by atoms with Crippen molar-refractivity contribution < 1.29 is 18.0 Å². The number of halogens is 5. The molecule has 5 rings (SSSR count). The van der Waals surface area contributed by atoms with Gasteiger partial charge in [0.2, 0.25) is 0 Å². The Balaban J connectivity index is 1.20. The summed E-state index contributed by atoms with van der Waals surface area (Å²) in [6, 6.07) is 20.8. The lowest BCUT2D eigenvalue weighted by Gasteiger charge is -2.12. The minimum Gasteiger partial charge on any atom is -0.366 e. The first kappa shape index (κ1) is 27.5. The molecule has 5 aromatic rings. The Morgan fingerprint density at radius 1 is 0.950 bits per heavy atom. The maximum Gasteiger partial charge on any atom is 0.416 e. The van der Waals surface area contributed by atoms with E-state index in [1.807, 2.05) is 54.6 Å². The summed E-state index contributed by atoms with van der Waals surface area (Å²) in [6.45, 7) is 0.744. The summed E-state index contributed by atoms with van der Waals surface area (Å²) in [7, 11) is 0. The van der Waals surface area contributed by atoms with Gasteiger partial charge in [-0.3, -0.25) is 0 Å². The van der Waals surface area contributed by atoms with E-state index >= 15 is 0 Å². The molecule has 40 heavy (non-hydrogen) atoms. The fourth-order valence-corrected chi connectivity index (χ4v) is 4.52. The van der Waals surface area contributed by atoms with Gasteiger partial charge in [-0.2, -0.15) is 22.8 Å². The lowest BCUT2D eigenvalue weighted by atomic mass is 10.1. The van der Waals surface area contributed by atoms with Crippen molar-refractivity contribution in [1.82, 2.24) is 19.9 Å². The lowest BCUT2D eigenvalue weighted by Crippen LogP contribution is -2.28. The number of amides is 2. The van der Waals surface area contributed by atoms with Crippen LogP contribution in [0, 0.1) is 0 Å². The summed E-state index contributed by atoms with van der Waals surface area (Å²) in [5.74, 6) is 0.733. The Morgan fingerprint density at radius 2 is 1.62 bits per heavy atom. The zero-order valence-electron chi connectivity index (χ0n) is 20.6. The molecule has 12 heteroatoms. The summed E-state index contributed by atoms with van der Waals surface area (Å²) >= 11 is 9.91. The number of hydrogen-bond acceptors (Lipinski definition) is 4. The van der Waals surface area contributed by atoms with Gasteiger partial charge in [0.25, 0.3) is 0 Å². The van der Waals surface area contributed by atoms with E-state index in [2.05, 4.69) is 37.0 Å². The van der Waals surface area contributed by atoms with Crippen LogP contribution >= 0.6 is 27.5 Å². The Kier molecular flexibility index (Phi) is 7.95. The average molecular weight is 630 g/mol. The molecule has 0 saturated heterocycles. The number of alkyl halides is 3. The van der Waals surface area contributed by atoms with E-state index in [1.165, 1.54) is 12.1 Å². The number of benzene rings is 3. The van der Waals surface area contributed by atoms with Gasteiger partial charge in [0.15, 0.2) is 5.65 Å². The molecule has 3 aromatic carbocycles. The van der Waals surface area contributed by atoms with Crippen LogP contribution in [-0.2, 0) is 19.3 Å². The second-order valence-corrected chi connectivity index (χ2v) is 10.0. The number of nitrogens with zero attached hydrogens (tertiary/aromatic N) is 3. The van der Waals surface area contributed by atoms with E-state index in [-0.39, 0.29) is 12.2 Å². The van der Waals surface area contributed by atoms with Crippen molar-refractivity contribution in [1.29, 1.82) is 0 Å². The second kappa shape index (κ2) is 11.6. The summed E-state index contributed by atoms with van der Waals surface area (Å²) in [5, 5.41) is 13.6. The number of carbonyl (C=O) groups excluding carboxylic acids is 1. The van der Waals surface area contributed by atoms with Crippen molar-refractivity contribution in [3.05, 3.63) is 111 Å². The average Bonchev–Trinajstić information content (AvgIpc) is 3.32. The molecule has 0 aliphatic rings. The molecular formula is C28H21BrClF3N6O. The van der Waals surface area contributed by atoms with Gasteiger partial charge in [-0.05, 0) is 57.4 Å². The summed E-state index contributed by atoms with van der Waals surface area (Å²) in [5.41, 5.74) is 3.50. The van der Waals surface area contributed by atoms with Crippen molar-refractivity contribution in [3.63, 3.8) is 0 Å². The predicted octanol–water partition coefficient (Wildman–Crippen LogP) is 7.76. The van der Waals surface area contributed by atoms with Crippen LogP contribution in [0.5, 0.6) is 0 Å². The molecule has 2 aromatic heterocycles. The Labute approximate surface area is 240 Å². The van der Waals surface area contributed by atoms with Crippen LogP contribution in [0.15, 0.2) is 89.5 Å². The number of aromatic nitrogens is 3. The SMILES string of the molecule is O=C(NCc1ccc(CNc2cc(-c3ccccc3Cl)nc3c(Br)cnn23)cc1)Nc1ccc(C(F)(F)F)cc1. The molecule has 0 spiro atoms. The zero-order chi connectivity index (χ0) is 28.3. The van der Waals surface area contributed by atoms with Crippen LogP contribution in [0.1, 0.15) is 16.7 Å². The Hall–Kier alpha value is -4.09. The molecule has 7 nitrogen and oxygen atoms in total. The number of hydrogen-bond donors (Lipinski definition) is 3. The molecule has 204 valence electrons. The summed E-state index contributed by atoms with van der Waals surface area (Å²) in [6.07, 6.45) is -2.75. The van der Waals surface area contributed by atoms with Gasteiger partial charge in [0, 0.05) is 35.4 Å². The van der Waals surface area contributed by atoms with Crippen LogP contribution in [0.3, 0.4) is 0 Å². The minimum absolute atomic E-state index is 0.244. The van der Waals surface area contributed by atoms with E-state index in [0.29, 0.717) is 22.9 Å². The van der Waals surface area contributed by atoms with Crippen LogP contribution in [0.4, 0.5) is 29.5 Å². The standard InChI is InChI=1S/C28H21BrClF3N6O/c29-22-16-36-39-25(13-24(38-26(22)39)21-3-1-2-4-23(21)30)34-14-17-5-7-18(8-6-17)15-35-27(40)37-20-11-9-19(10-12-20)28(31,32)33/h1-13,16,34H,14-15H2,(H2,35,37,40). The number of anilines is 2. The molecule has 0 fully saturated rings. The van der Waals surface area contributed by atoms with Crippen LogP contribution in [0.25, 0.3) is 16.9 Å². The van der Waals surface area contributed by atoms with Gasteiger partial charge in [-0.15, -0.1) is 0 Å². The monoisotopic (exact) mass is 628 g/mol. The molecular weight excluding hydrogens is 609 g/mol. The van der Waals surface area contributed by atoms with Crippen LogP contribution in [0.2, 0.25) is 5.02 Å². The number of urea groups is 1. The largest absolute Gasteiger partial charge is 0.416 e. The zero-order valence-corrected chi connectivity index (χ0v) is 23.0. The smallest absolute Gasteiger partial charge is 0.366 e. The molecule has 0 unspecified atom stereocenters. The first-order valence-electron chi connectivity index (χ1n) is 12.0. The van der Waals surface area contributed by atoms with Crippen molar-refractivity contribution in [3.8, 4) is 11.3 Å². The Bertz CT molecular complexity index is 1660. The van der Waals surface area contributed by atoms with Crippen molar-refractivity contribution in [2.24, 2.45) is 0 Å². The van der Waals surface area contributed by atoms with E-state index in [1.54, 1.807) is 10.7 Å². The molecule has 0 radical (unpaired) electrons. The van der Waals surface area contributed by atoms with E-state index in [9.17, 15) is 18.0 Å². The maximum absolute atomic E-state index is 12.7. The van der Waals surface area contributed by atoms with E-state index in [4.69, 9.17) is 16.6 Å². The van der Waals surface area contributed by atoms with Crippen molar-refractivity contribution >= 4 is 50.7 Å². The fraction of sp³-hybridized carbons (Fsp3) is 0.107. The highest BCUT2D eigenvalue weighted by molar-refractivity contribution is 9.10. The molecule has 2 heterocycles. The highest BCUT2D eigenvalue weighted by Gasteiger charge is 2.30. The van der Waals surface area contributed by atoms with Crippen molar-refractivity contribution in [2.75, 3.05) is 10.6 Å². The molecule has 0 aliphatic carbocycles. The van der Waals surface area contributed by atoms with Gasteiger partial charge in [-0.1, -0.05) is 54.1 Å². The Morgan fingerprint density at radius 3 is 2.30 bits per heavy atom. The van der Waals surface area contributed by atoms with Crippen LogP contribution in [-0.4, -0.2) is 20.6 Å². The number of fused-ring (bicyclic) bond motifs is 1. The van der Waals surface area contributed by atoms with Crippen LogP contribution < -0.4 is 16.0 Å². The first-order valence-corrected chi connectivity index (χ1v) is 13.2.